The average Bonchev–Trinajstić information content (AvgIpc) is 2.54. The van der Waals surface area contributed by atoms with Crippen LogP contribution in [0.3, 0.4) is 0 Å². The third-order valence-corrected chi connectivity index (χ3v) is 3.94. The fraction of sp³-hybridized carbons (Fsp3) is 0.600. The molecule has 9 heteroatoms. The van der Waals surface area contributed by atoms with E-state index in [2.05, 4.69) is 19.9 Å². The van der Waals surface area contributed by atoms with Crippen molar-refractivity contribution < 1.29 is 17.9 Å². The van der Waals surface area contributed by atoms with Gasteiger partial charge in [0.2, 0.25) is 5.95 Å². The van der Waals surface area contributed by atoms with E-state index in [0.29, 0.717) is 54.8 Å². The third kappa shape index (κ3) is 3.72. The molecular weight excluding hydrogens is 323 g/mol. The summed E-state index contributed by atoms with van der Waals surface area (Å²) >= 11 is 0. The second kappa shape index (κ2) is 6.46. The lowest BCUT2D eigenvalue weighted by atomic mass is 10.2. The predicted molar refractivity (Wildman–Crippen MR) is 82.0 cm³/mol. The first-order valence-corrected chi connectivity index (χ1v) is 7.75. The molecule has 0 bridgehead atoms. The molecule has 2 aromatic heterocycles. The highest BCUT2D eigenvalue weighted by Crippen LogP contribution is 2.25. The second-order valence-electron chi connectivity index (χ2n) is 5.75. The maximum Gasteiger partial charge on any atom is 0.389 e. The molecule has 24 heavy (non-hydrogen) atoms. The van der Waals surface area contributed by atoms with Crippen LogP contribution in [0.15, 0.2) is 0 Å². The van der Waals surface area contributed by atoms with Crippen molar-refractivity contribution >= 4 is 17.1 Å². The first kappa shape index (κ1) is 16.8. The summed E-state index contributed by atoms with van der Waals surface area (Å²) in [6, 6.07) is 0. The molecular formula is C15H18F3N5O. The van der Waals surface area contributed by atoms with Crippen LogP contribution >= 0.6 is 0 Å². The maximum absolute atomic E-state index is 12.6. The number of fused-ring (bicyclic) bond motifs is 1. The highest BCUT2D eigenvalue weighted by Gasteiger charge is 2.28. The molecule has 6 nitrogen and oxygen atoms in total. The number of morpholine rings is 1. The van der Waals surface area contributed by atoms with Crippen molar-refractivity contribution in [3.05, 3.63) is 17.1 Å². The number of hydrogen-bond acceptors (Lipinski definition) is 6. The Bertz CT molecular complexity index is 744. The van der Waals surface area contributed by atoms with E-state index in [1.165, 1.54) is 0 Å². The van der Waals surface area contributed by atoms with Crippen molar-refractivity contribution in [1.29, 1.82) is 0 Å². The SMILES string of the molecule is Cc1nc2nc(N3CCOCC3)nc(CCC(F)(F)F)c2nc1C. The van der Waals surface area contributed by atoms with Gasteiger partial charge in [-0.3, -0.25) is 0 Å². The van der Waals surface area contributed by atoms with Crippen molar-refractivity contribution in [3.63, 3.8) is 0 Å². The summed E-state index contributed by atoms with van der Waals surface area (Å²) in [5.41, 5.74) is 2.34. The maximum atomic E-state index is 12.6. The highest BCUT2D eigenvalue weighted by atomic mass is 19.4. The Morgan fingerprint density at radius 3 is 2.33 bits per heavy atom. The molecule has 0 N–H and O–H groups in total. The number of ether oxygens (including phenoxy) is 1. The summed E-state index contributed by atoms with van der Waals surface area (Å²) in [7, 11) is 0. The predicted octanol–water partition coefficient (Wildman–Crippen LogP) is 2.37. The lowest BCUT2D eigenvalue weighted by molar-refractivity contribution is -0.134. The van der Waals surface area contributed by atoms with Gasteiger partial charge in [0.25, 0.3) is 0 Å². The zero-order valence-electron chi connectivity index (χ0n) is 13.5. The lowest BCUT2D eigenvalue weighted by Gasteiger charge is -2.27. The van der Waals surface area contributed by atoms with Crippen LogP contribution in [0.5, 0.6) is 0 Å². The molecule has 0 unspecified atom stereocenters. The summed E-state index contributed by atoms with van der Waals surface area (Å²) < 4.78 is 43.2. The number of rotatable bonds is 3. The second-order valence-corrected chi connectivity index (χ2v) is 5.75. The topological polar surface area (TPSA) is 64.0 Å². The van der Waals surface area contributed by atoms with E-state index < -0.39 is 12.6 Å². The molecule has 130 valence electrons. The van der Waals surface area contributed by atoms with Gasteiger partial charge in [0.05, 0.1) is 30.3 Å². The van der Waals surface area contributed by atoms with Gasteiger partial charge in [-0.05, 0) is 13.8 Å². The molecule has 1 saturated heterocycles. The minimum absolute atomic E-state index is 0.239. The van der Waals surface area contributed by atoms with Crippen LogP contribution in [0.4, 0.5) is 19.1 Å². The van der Waals surface area contributed by atoms with Gasteiger partial charge < -0.3 is 9.64 Å². The number of anilines is 1. The monoisotopic (exact) mass is 341 g/mol. The average molecular weight is 341 g/mol. The van der Waals surface area contributed by atoms with Crippen molar-refractivity contribution in [2.24, 2.45) is 0 Å². The van der Waals surface area contributed by atoms with Crippen LogP contribution in [0.2, 0.25) is 0 Å². The Morgan fingerprint density at radius 1 is 1.00 bits per heavy atom. The van der Waals surface area contributed by atoms with Gasteiger partial charge in [0.15, 0.2) is 5.65 Å². The molecule has 0 spiro atoms. The van der Waals surface area contributed by atoms with Crippen LogP contribution in [-0.2, 0) is 11.2 Å². The number of hydrogen-bond donors (Lipinski definition) is 0. The van der Waals surface area contributed by atoms with E-state index in [4.69, 9.17) is 4.74 Å². The highest BCUT2D eigenvalue weighted by molar-refractivity contribution is 5.74. The number of nitrogens with zero attached hydrogens (tertiary/aromatic N) is 5. The van der Waals surface area contributed by atoms with Crippen LogP contribution in [0, 0.1) is 13.8 Å². The molecule has 1 aliphatic rings. The molecule has 0 aromatic carbocycles. The Morgan fingerprint density at radius 2 is 1.67 bits per heavy atom. The number of aryl methyl sites for hydroxylation is 3. The molecule has 0 amide bonds. The third-order valence-electron chi connectivity index (χ3n) is 3.94. The van der Waals surface area contributed by atoms with Crippen LogP contribution in [0.25, 0.3) is 11.2 Å². The number of aromatic nitrogens is 4. The van der Waals surface area contributed by atoms with Gasteiger partial charge in [0, 0.05) is 25.9 Å². The fourth-order valence-electron chi connectivity index (χ4n) is 2.50. The Labute approximate surface area is 137 Å². The largest absolute Gasteiger partial charge is 0.389 e. The molecule has 3 rings (SSSR count). The van der Waals surface area contributed by atoms with E-state index in [-0.39, 0.29) is 12.1 Å². The lowest BCUT2D eigenvalue weighted by Crippen LogP contribution is -2.37. The summed E-state index contributed by atoms with van der Waals surface area (Å²) in [4.78, 5) is 19.4. The molecule has 3 heterocycles. The van der Waals surface area contributed by atoms with Gasteiger partial charge in [-0.25, -0.2) is 15.0 Å². The molecule has 1 fully saturated rings. The van der Waals surface area contributed by atoms with Gasteiger partial charge in [-0.1, -0.05) is 0 Å². The van der Waals surface area contributed by atoms with E-state index in [0.717, 1.165) is 0 Å². The molecule has 0 atom stereocenters. The number of halogens is 3. The standard InChI is InChI=1S/C15H18F3N5O/c1-9-10(2)20-13-12(19-9)11(3-4-15(16,17)18)21-14(22-13)23-5-7-24-8-6-23/h3-8H2,1-2H3. The molecule has 0 aliphatic carbocycles. The van der Waals surface area contributed by atoms with Crippen LogP contribution in [-0.4, -0.2) is 52.4 Å². The van der Waals surface area contributed by atoms with E-state index in [9.17, 15) is 13.2 Å². The summed E-state index contributed by atoms with van der Waals surface area (Å²) in [5.74, 6) is 0.389. The minimum atomic E-state index is -4.25. The van der Waals surface area contributed by atoms with Crippen molar-refractivity contribution in [1.82, 2.24) is 19.9 Å². The molecule has 0 saturated carbocycles. The minimum Gasteiger partial charge on any atom is -0.378 e. The first-order valence-electron chi connectivity index (χ1n) is 7.75. The van der Waals surface area contributed by atoms with Crippen molar-refractivity contribution in [2.75, 3.05) is 31.2 Å². The van der Waals surface area contributed by atoms with E-state index in [1.54, 1.807) is 13.8 Å². The van der Waals surface area contributed by atoms with E-state index in [1.807, 2.05) is 4.90 Å². The molecule has 2 aromatic rings. The zero-order chi connectivity index (χ0) is 17.3. The number of alkyl halides is 3. The van der Waals surface area contributed by atoms with Crippen molar-refractivity contribution in [3.8, 4) is 0 Å². The van der Waals surface area contributed by atoms with Gasteiger partial charge in [-0.15, -0.1) is 0 Å². The summed E-state index contributed by atoms with van der Waals surface area (Å²) in [6.45, 7) is 5.85. The Hall–Kier alpha value is -2.03. The molecule has 0 radical (unpaired) electrons. The van der Waals surface area contributed by atoms with E-state index >= 15 is 0 Å². The Balaban J connectivity index is 2.05. The van der Waals surface area contributed by atoms with Crippen molar-refractivity contribution in [2.45, 2.75) is 32.9 Å². The smallest absolute Gasteiger partial charge is 0.378 e. The quantitative estimate of drug-likeness (QED) is 0.854. The van der Waals surface area contributed by atoms with Gasteiger partial charge >= 0.3 is 6.18 Å². The molecule has 1 aliphatic heterocycles. The Kier molecular flexibility index (Phi) is 4.53. The van der Waals surface area contributed by atoms with Crippen LogP contribution < -0.4 is 4.90 Å². The fourth-order valence-corrected chi connectivity index (χ4v) is 2.50. The zero-order valence-corrected chi connectivity index (χ0v) is 13.5. The summed E-state index contributed by atoms with van der Waals surface area (Å²) in [6.07, 6.45) is -5.43. The van der Waals surface area contributed by atoms with Gasteiger partial charge in [-0.2, -0.15) is 18.2 Å². The summed E-state index contributed by atoms with van der Waals surface area (Å²) in [5, 5.41) is 0. The normalized spacial score (nSPS) is 16.0. The van der Waals surface area contributed by atoms with Gasteiger partial charge in [0.1, 0.15) is 5.52 Å². The van der Waals surface area contributed by atoms with Crippen LogP contribution in [0.1, 0.15) is 23.5 Å². The first-order chi connectivity index (χ1) is 11.3.